The van der Waals surface area contributed by atoms with Gasteiger partial charge in [-0.25, -0.2) is 0 Å². The molecule has 1 heterocycles. The average molecular weight is 360 g/mol. The van der Waals surface area contributed by atoms with Crippen LogP contribution in [0, 0.1) is 5.41 Å². The summed E-state index contributed by atoms with van der Waals surface area (Å²) in [5, 5.41) is 0. The summed E-state index contributed by atoms with van der Waals surface area (Å²) in [5.41, 5.74) is 2.78. The molecule has 1 unspecified atom stereocenters. The maximum atomic E-state index is 12.3. The molecule has 4 heteroatoms. The van der Waals surface area contributed by atoms with Crippen LogP contribution >= 0.6 is 15.9 Å². The fourth-order valence-electron chi connectivity index (χ4n) is 3.14. The maximum Gasteiger partial charge on any atom is 0.255 e. The Morgan fingerprint density at radius 3 is 2.68 bits per heavy atom. The molecule has 3 nitrogen and oxygen atoms in total. The molecule has 1 aliphatic rings. The highest BCUT2D eigenvalue weighted by Gasteiger charge is 2.36. The molecular weight excluding hydrogens is 342 g/mol. The van der Waals surface area contributed by atoms with Crippen molar-refractivity contribution in [2.24, 2.45) is 5.41 Å². The number of fused-ring (bicyclic) bond motifs is 1. The van der Waals surface area contributed by atoms with Gasteiger partial charge in [0.1, 0.15) is 0 Å². The average Bonchev–Trinajstić information content (AvgIpc) is 2.47. The third-order valence-corrected chi connectivity index (χ3v) is 4.57. The van der Waals surface area contributed by atoms with Gasteiger partial charge in [0, 0.05) is 34.8 Å². The van der Waals surface area contributed by atoms with Gasteiger partial charge in [-0.3, -0.25) is 9.36 Å². The predicted molar refractivity (Wildman–Crippen MR) is 91.8 cm³/mol. The lowest BCUT2D eigenvalue weighted by atomic mass is 9.75. The largest absolute Gasteiger partial charge is 0.376 e. The SMILES string of the molecule is COC1c2ccc(Br)cc2C(n2ccccc2=O)=CC1(C)C. The monoisotopic (exact) mass is 359 g/mol. The summed E-state index contributed by atoms with van der Waals surface area (Å²) in [5.74, 6) is 0. The molecule has 1 aliphatic carbocycles. The molecule has 1 aromatic heterocycles. The van der Waals surface area contributed by atoms with Crippen LogP contribution in [0.5, 0.6) is 0 Å². The zero-order valence-electron chi connectivity index (χ0n) is 12.8. The summed E-state index contributed by atoms with van der Waals surface area (Å²) in [6.07, 6.45) is 3.89. The number of methoxy groups -OCH3 is 1. The molecule has 3 rings (SSSR count). The number of hydrogen-bond donors (Lipinski definition) is 0. The molecule has 0 aliphatic heterocycles. The van der Waals surface area contributed by atoms with Crippen LogP contribution in [-0.4, -0.2) is 11.7 Å². The Morgan fingerprint density at radius 2 is 2.00 bits per heavy atom. The first-order valence-corrected chi connectivity index (χ1v) is 7.97. The van der Waals surface area contributed by atoms with Gasteiger partial charge in [-0.2, -0.15) is 0 Å². The van der Waals surface area contributed by atoms with E-state index < -0.39 is 0 Å². The van der Waals surface area contributed by atoms with E-state index in [0.717, 1.165) is 21.3 Å². The molecular formula is C18H18BrNO2. The zero-order chi connectivity index (χ0) is 15.9. The molecule has 0 fully saturated rings. The number of halogens is 1. The van der Waals surface area contributed by atoms with Crippen molar-refractivity contribution in [1.29, 1.82) is 0 Å². The molecule has 0 amide bonds. The Labute approximate surface area is 138 Å². The molecule has 1 aromatic carbocycles. The van der Waals surface area contributed by atoms with Gasteiger partial charge in [-0.15, -0.1) is 0 Å². The van der Waals surface area contributed by atoms with Crippen LogP contribution < -0.4 is 5.56 Å². The lowest BCUT2D eigenvalue weighted by molar-refractivity contribution is 0.0282. The van der Waals surface area contributed by atoms with Crippen molar-refractivity contribution in [2.45, 2.75) is 20.0 Å². The standard InChI is InChI=1S/C18H18BrNO2/c1-18(2)11-15(20-9-5-4-6-16(20)21)14-10-12(19)7-8-13(14)17(18)22-3/h4-11,17H,1-3H3. The van der Waals surface area contributed by atoms with Crippen LogP contribution in [0.1, 0.15) is 31.1 Å². The van der Waals surface area contributed by atoms with E-state index in [1.165, 1.54) is 0 Å². The van der Waals surface area contributed by atoms with Crippen LogP contribution in [0.15, 0.2) is 57.9 Å². The molecule has 0 saturated carbocycles. The maximum absolute atomic E-state index is 12.3. The van der Waals surface area contributed by atoms with Crippen molar-refractivity contribution in [2.75, 3.05) is 7.11 Å². The van der Waals surface area contributed by atoms with E-state index in [-0.39, 0.29) is 17.1 Å². The van der Waals surface area contributed by atoms with E-state index in [1.807, 2.05) is 24.4 Å². The smallest absolute Gasteiger partial charge is 0.255 e. The summed E-state index contributed by atoms with van der Waals surface area (Å²) >= 11 is 3.52. The number of hydrogen-bond acceptors (Lipinski definition) is 2. The second-order valence-electron chi connectivity index (χ2n) is 6.11. The summed E-state index contributed by atoms with van der Waals surface area (Å²) < 4.78 is 8.42. The molecule has 114 valence electrons. The highest BCUT2D eigenvalue weighted by molar-refractivity contribution is 9.10. The minimum absolute atomic E-state index is 0.0358. The lowest BCUT2D eigenvalue weighted by Crippen LogP contribution is -2.30. The van der Waals surface area contributed by atoms with E-state index in [1.54, 1.807) is 23.8 Å². The lowest BCUT2D eigenvalue weighted by Gasteiger charge is -2.37. The Bertz CT molecular complexity index is 805. The van der Waals surface area contributed by atoms with Crippen LogP contribution in [0.4, 0.5) is 0 Å². The fraction of sp³-hybridized carbons (Fsp3) is 0.278. The summed E-state index contributed by atoms with van der Waals surface area (Å²) in [6, 6.07) is 11.3. The highest BCUT2D eigenvalue weighted by atomic mass is 79.9. The van der Waals surface area contributed by atoms with Crippen molar-refractivity contribution in [3.8, 4) is 0 Å². The quantitative estimate of drug-likeness (QED) is 0.803. The Morgan fingerprint density at radius 1 is 1.23 bits per heavy atom. The van der Waals surface area contributed by atoms with Crippen LogP contribution in [0.2, 0.25) is 0 Å². The number of ether oxygens (including phenoxy) is 1. The van der Waals surface area contributed by atoms with E-state index in [4.69, 9.17) is 4.74 Å². The highest BCUT2D eigenvalue weighted by Crippen LogP contribution is 2.46. The Kier molecular flexibility index (Phi) is 3.83. The molecule has 2 aromatic rings. The van der Waals surface area contributed by atoms with Crippen molar-refractivity contribution in [1.82, 2.24) is 4.57 Å². The third-order valence-electron chi connectivity index (χ3n) is 4.08. The molecule has 0 spiro atoms. The van der Waals surface area contributed by atoms with Crippen molar-refractivity contribution >= 4 is 21.6 Å². The van der Waals surface area contributed by atoms with Crippen LogP contribution in [0.3, 0.4) is 0 Å². The number of rotatable bonds is 2. The van der Waals surface area contributed by atoms with Crippen molar-refractivity contribution in [3.63, 3.8) is 0 Å². The molecule has 22 heavy (non-hydrogen) atoms. The van der Waals surface area contributed by atoms with Gasteiger partial charge < -0.3 is 4.74 Å². The fourth-order valence-corrected chi connectivity index (χ4v) is 3.50. The minimum atomic E-state index is -0.208. The summed E-state index contributed by atoms with van der Waals surface area (Å²) in [7, 11) is 1.73. The number of aromatic nitrogens is 1. The first kappa shape index (κ1) is 15.3. The molecule has 0 N–H and O–H groups in total. The van der Waals surface area contributed by atoms with Gasteiger partial charge in [-0.1, -0.05) is 48.0 Å². The second-order valence-corrected chi connectivity index (χ2v) is 7.02. The molecule has 0 saturated heterocycles. The van der Waals surface area contributed by atoms with E-state index >= 15 is 0 Å². The van der Waals surface area contributed by atoms with Gasteiger partial charge in [0.05, 0.1) is 11.8 Å². The van der Waals surface area contributed by atoms with Gasteiger partial charge in [0.25, 0.3) is 5.56 Å². The number of pyridine rings is 1. The van der Waals surface area contributed by atoms with Crippen molar-refractivity contribution < 1.29 is 4.74 Å². The van der Waals surface area contributed by atoms with Crippen LogP contribution in [-0.2, 0) is 4.74 Å². The Hall–Kier alpha value is -1.65. The molecule has 1 atom stereocenters. The molecule has 0 radical (unpaired) electrons. The second kappa shape index (κ2) is 5.52. The third kappa shape index (κ3) is 2.46. The minimum Gasteiger partial charge on any atom is -0.376 e. The van der Waals surface area contributed by atoms with Gasteiger partial charge in [-0.05, 0) is 23.8 Å². The normalized spacial score (nSPS) is 19.5. The first-order chi connectivity index (χ1) is 10.4. The van der Waals surface area contributed by atoms with Gasteiger partial charge in [0.2, 0.25) is 0 Å². The van der Waals surface area contributed by atoms with Gasteiger partial charge in [0.15, 0.2) is 0 Å². The van der Waals surface area contributed by atoms with E-state index in [0.29, 0.717) is 0 Å². The first-order valence-electron chi connectivity index (χ1n) is 7.17. The van der Waals surface area contributed by atoms with E-state index in [2.05, 4.69) is 41.9 Å². The number of nitrogens with zero attached hydrogens (tertiary/aromatic N) is 1. The van der Waals surface area contributed by atoms with Crippen molar-refractivity contribution in [3.05, 3.63) is 74.6 Å². The predicted octanol–water partition coefficient (Wildman–Crippen LogP) is 4.23. The van der Waals surface area contributed by atoms with Crippen LogP contribution in [0.25, 0.3) is 5.70 Å². The summed E-state index contributed by atoms with van der Waals surface area (Å²) in [4.78, 5) is 12.3. The Balaban J connectivity index is 2.31. The molecule has 0 bridgehead atoms. The number of benzene rings is 1. The topological polar surface area (TPSA) is 31.2 Å². The van der Waals surface area contributed by atoms with Gasteiger partial charge >= 0.3 is 0 Å². The zero-order valence-corrected chi connectivity index (χ0v) is 14.4. The summed E-state index contributed by atoms with van der Waals surface area (Å²) in [6.45, 7) is 4.25. The van der Waals surface area contributed by atoms with E-state index in [9.17, 15) is 4.79 Å².